The van der Waals surface area contributed by atoms with Crippen LogP contribution in [0.3, 0.4) is 0 Å². The highest BCUT2D eigenvalue weighted by Gasteiger charge is 2.43. The second-order valence-electron chi connectivity index (χ2n) is 7.60. The highest BCUT2D eigenvalue weighted by atomic mass is 16.3. The molecule has 2 aliphatic rings. The lowest BCUT2D eigenvalue weighted by molar-refractivity contribution is -0.160. The predicted octanol–water partition coefficient (Wildman–Crippen LogP) is 1.22. The number of aliphatic hydroxyl groups is 1. The molecule has 0 aromatic heterocycles. The van der Waals surface area contributed by atoms with Crippen molar-refractivity contribution in [1.29, 1.82) is 0 Å². The van der Waals surface area contributed by atoms with E-state index in [-0.39, 0.29) is 5.91 Å². The first-order chi connectivity index (χ1) is 12.1. The Balaban J connectivity index is 1.51. The first-order valence-corrected chi connectivity index (χ1v) is 9.53. The Morgan fingerprint density at radius 2 is 1.80 bits per heavy atom. The third-order valence-corrected chi connectivity index (χ3v) is 5.52. The average Bonchev–Trinajstić information content (AvgIpc) is 2.62. The van der Waals surface area contributed by atoms with Crippen LogP contribution in [-0.4, -0.2) is 84.2 Å². The summed E-state index contributed by atoms with van der Waals surface area (Å²) in [6, 6.07) is 10.4. The molecule has 1 aromatic rings. The lowest BCUT2D eigenvalue weighted by Gasteiger charge is -2.42. The van der Waals surface area contributed by atoms with Crippen LogP contribution in [0.2, 0.25) is 0 Å². The van der Waals surface area contributed by atoms with Gasteiger partial charge in [-0.3, -0.25) is 9.69 Å². The van der Waals surface area contributed by atoms with Gasteiger partial charge in [0.25, 0.3) is 5.91 Å². The Morgan fingerprint density at radius 1 is 1.08 bits per heavy atom. The monoisotopic (exact) mass is 345 g/mol. The number of carbonyl (C=O) groups excluding carboxylic acids is 1. The van der Waals surface area contributed by atoms with E-state index in [9.17, 15) is 9.90 Å². The molecule has 0 aliphatic carbocycles. The molecule has 0 bridgehead atoms. The van der Waals surface area contributed by atoms with Crippen LogP contribution in [0.5, 0.6) is 0 Å². The summed E-state index contributed by atoms with van der Waals surface area (Å²) in [6.07, 6.45) is 3.40. The number of β-amino-alcohol motifs (C(OH)–C–C–N with tert-alkyl or cyclic N) is 1. The van der Waals surface area contributed by atoms with E-state index in [4.69, 9.17) is 0 Å². The topological polar surface area (TPSA) is 47.0 Å². The van der Waals surface area contributed by atoms with Gasteiger partial charge in [-0.15, -0.1) is 0 Å². The van der Waals surface area contributed by atoms with Gasteiger partial charge in [0, 0.05) is 45.8 Å². The predicted molar refractivity (Wildman–Crippen MR) is 99.5 cm³/mol. The fraction of sp³-hybridized carbons (Fsp3) is 0.650. The van der Waals surface area contributed by atoms with E-state index in [2.05, 4.69) is 41.1 Å². The quantitative estimate of drug-likeness (QED) is 0.842. The summed E-state index contributed by atoms with van der Waals surface area (Å²) in [5, 5.41) is 11.0. The Bertz CT molecular complexity index is 557. The van der Waals surface area contributed by atoms with Crippen molar-refractivity contribution in [1.82, 2.24) is 14.7 Å². The number of carbonyl (C=O) groups is 1. The molecule has 5 heteroatoms. The maximum Gasteiger partial charge on any atom is 0.255 e. The molecule has 0 unspecified atom stereocenters. The zero-order chi connectivity index (χ0) is 17.7. The Hall–Kier alpha value is -1.43. The lowest BCUT2D eigenvalue weighted by atomic mass is 9.90. The fourth-order valence-electron chi connectivity index (χ4n) is 3.92. The van der Waals surface area contributed by atoms with E-state index < -0.39 is 5.60 Å². The number of likely N-dealkylation sites (tertiary alicyclic amines) is 1. The minimum Gasteiger partial charge on any atom is -0.379 e. The van der Waals surface area contributed by atoms with Crippen LogP contribution in [0.1, 0.15) is 24.8 Å². The van der Waals surface area contributed by atoms with Gasteiger partial charge < -0.3 is 14.9 Å². The molecule has 2 heterocycles. The SMILES string of the molecule is CN1CCN(C[C@]2(O)CCCN(CCCc3ccccc3)C2=O)CC1. The molecule has 3 rings (SSSR count). The van der Waals surface area contributed by atoms with Gasteiger partial charge in [0.1, 0.15) is 0 Å². The van der Waals surface area contributed by atoms with E-state index in [0.717, 1.165) is 58.5 Å². The normalized spacial score (nSPS) is 26.2. The molecule has 25 heavy (non-hydrogen) atoms. The highest BCUT2D eigenvalue weighted by Crippen LogP contribution is 2.25. The Kier molecular flexibility index (Phi) is 6.10. The molecule has 1 atom stereocenters. The number of piperidine rings is 1. The lowest BCUT2D eigenvalue weighted by Crippen LogP contribution is -2.60. The first-order valence-electron chi connectivity index (χ1n) is 9.53. The number of aryl methyl sites for hydroxylation is 1. The van der Waals surface area contributed by atoms with Gasteiger partial charge in [-0.1, -0.05) is 30.3 Å². The van der Waals surface area contributed by atoms with Crippen molar-refractivity contribution in [2.24, 2.45) is 0 Å². The maximum absolute atomic E-state index is 12.9. The smallest absolute Gasteiger partial charge is 0.255 e. The molecule has 1 aromatic carbocycles. The zero-order valence-corrected chi connectivity index (χ0v) is 15.4. The van der Waals surface area contributed by atoms with Gasteiger partial charge in [-0.2, -0.15) is 0 Å². The Morgan fingerprint density at radius 3 is 2.52 bits per heavy atom. The van der Waals surface area contributed by atoms with Crippen LogP contribution in [0, 0.1) is 0 Å². The van der Waals surface area contributed by atoms with Crippen molar-refractivity contribution >= 4 is 5.91 Å². The summed E-state index contributed by atoms with van der Waals surface area (Å²) in [5.41, 5.74) is 0.112. The highest BCUT2D eigenvalue weighted by molar-refractivity contribution is 5.86. The Labute approximate surface area is 151 Å². The van der Waals surface area contributed by atoms with E-state index in [1.54, 1.807) is 0 Å². The minimum absolute atomic E-state index is 0.0641. The minimum atomic E-state index is -1.19. The fourth-order valence-corrected chi connectivity index (χ4v) is 3.92. The number of hydrogen-bond donors (Lipinski definition) is 1. The number of hydrogen-bond acceptors (Lipinski definition) is 4. The van der Waals surface area contributed by atoms with E-state index in [1.165, 1.54) is 5.56 Å². The van der Waals surface area contributed by atoms with Gasteiger partial charge in [-0.25, -0.2) is 0 Å². The van der Waals surface area contributed by atoms with Crippen LogP contribution in [0.4, 0.5) is 0 Å². The number of rotatable bonds is 6. The average molecular weight is 345 g/mol. The van der Waals surface area contributed by atoms with E-state index >= 15 is 0 Å². The van der Waals surface area contributed by atoms with Crippen molar-refractivity contribution < 1.29 is 9.90 Å². The number of amides is 1. The molecule has 0 radical (unpaired) electrons. The van der Waals surface area contributed by atoms with Crippen molar-refractivity contribution in [2.45, 2.75) is 31.3 Å². The molecule has 5 nitrogen and oxygen atoms in total. The van der Waals surface area contributed by atoms with Crippen LogP contribution in [0.15, 0.2) is 30.3 Å². The molecule has 1 N–H and O–H groups in total. The largest absolute Gasteiger partial charge is 0.379 e. The summed E-state index contributed by atoms with van der Waals surface area (Å²) < 4.78 is 0. The van der Waals surface area contributed by atoms with Crippen LogP contribution >= 0.6 is 0 Å². The zero-order valence-electron chi connectivity index (χ0n) is 15.4. The third kappa shape index (κ3) is 4.81. The number of nitrogens with zero attached hydrogens (tertiary/aromatic N) is 3. The molecular weight excluding hydrogens is 314 g/mol. The third-order valence-electron chi connectivity index (χ3n) is 5.52. The summed E-state index contributed by atoms with van der Waals surface area (Å²) in [7, 11) is 2.12. The van der Waals surface area contributed by atoms with Crippen LogP contribution in [-0.2, 0) is 11.2 Å². The molecule has 2 saturated heterocycles. The van der Waals surface area contributed by atoms with Gasteiger partial charge in [0.2, 0.25) is 0 Å². The molecular formula is C20H31N3O2. The van der Waals surface area contributed by atoms with Crippen molar-refractivity contribution in [2.75, 3.05) is 52.9 Å². The van der Waals surface area contributed by atoms with Gasteiger partial charge in [-0.05, 0) is 38.3 Å². The first kappa shape index (κ1) is 18.4. The summed E-state index contributed by atoms with van der Waals surface area (Å²) in [6.45, 7) is 5.86. The second-order valence-corrected chi connectivity index (χ2v) is 7.60. The van der Waals surface area contributed by atoms with Crippen molar-refractivity contribution in [3.05, 3.63) is 35.9 Å². The number of piperazine rings is 1. The second kappa shape index (κ2) is 8.30. The molecule has 0 spiro atoms. The van der Waals surface area contributed by atoms with E-state index in [0.29, 0.717) is 13.0 Å². The summed E-state index contributed by atoms with van der Waals surface area (Å²) >= 11 is 0. The number of likely N-dealkylation sites (N-methyl/N-ethyl adjacent to an activating group) is 1. The van der Waals surface area contributed by atoms with E-state index in [1.807, 2.05) is 11.0 Å². The van der Waals surface area contributed by atoms with Crippen LogP contribution < -0.4 is 0 Å². The maximum atomic E-state index is 12.9. The molecule has 2 aliphatic heterocycles. The molecule has 138 valence electrons. The van der Waals surface area contributed by atoms with Gasteiger partial charge in [0.05, 0.1) is 0 Å². The van der Waals surface area contributed by atoms with Gasteiger partial charge >= 0.3 is 0 Å². The molecule has 1 amide bonds. The molecule has 2 fully saturated rings. The van der Waals surface area contributed by atoms with Crippen molar-refractivity contribution in [3.63, 3.8) is 0 Å². The van der Waals surface area contributed by atoms with Crippen LogP contribution in [0.25, 0.3) is 0 Å². The van der Waals surface area contributed by atoms with Gasteiger partial charge in [0.15, 0.2) is 5.60 Å². The summed E-state index contributed by atoms with van der Waals surface area (Å²) in [4.78, 5) is 19.3. The number of benzene rings is 1. The standard InChI is InChI=1S/C20H31N3O2/c1-21-13-15-22(16-14-21)17-20(25)10-6-12-23(19(20)24)11-5-9-18-7-3-2-4-8-18/h2-4,7-8,25H,5-6,9-17H2,1H3/t20-/m1/s1. The van der Waals surface area contributed by atoms with Crippen molar-refractivity contribution in [3.8, 4) is 0 Å². The molecule has 0 saturated carbocycles. The summed E-state index contributed by atoms with van der Waals surface area (Å²) in [5.74, 6) is -0.0641.